The molecule has 3 N–H and O–H groups in total. The van der Waals surface area contributed by atoms with Crippen LogP contribution in [0.5, 0.6) is 0 Å². The molecule has 1 aliphatic heterocycles. The predicted octanol–water partition coefficient (Wildman–Crippen LogP) is 5.39. The molecule has 1 fully saturated rings. The van der Waals surface area contributed by atoms with E-state index in [0.717, 1.165) is 72.3 Å². The molecule has 0 bridgehead atoms. The Morgan fingerprint density at radius 2 is 1.49 bits per heavy atom. The fraction of sp³-hybridized carbons (Fsp3) is 0.406. The van der Waals surface area contributed by atoms with E-state index in [1.165, 1.54) is 0 Å². The molecule has 1 heterocycles. The molecule has 3 aromatic rings. The molecule has 196 valence electrons. The standard InChI is InChI=1S/C32H39NO4/c1-23-24(2)29(16-15-25(23)22-31(35)36)30(34)14-9-19-33-20-17-28(18-21-33)32(37,26-10-5-3-6-11-26)27-12-7-4-8-13-27/h3-8,10-13,15-16,28,30,34,37H,9,14,17-22H2,1-2H3,(H,35,36)/t30-/m0/s1. The molecule has 3 aromatic carbocycles. The summed E-state index contributed by atoms with van der Waals surface area (Å²) in [6.07, 6.45) is 2.80. The minimum atomic E-state index is -1.01. The van der Waals surface area contributed by atoms with Crippen LogP contribution in [0.2, 0.25) is 0 Å². The second-order valence-corrected chi connectivity index (χ2v) is 10.4. The summed E-state index contributed by atoms with van der Waals surface area (Å²) in [5, 5.41) is 32.0. The Bertz CT molecular complexity index is 1130. The Morgan fingerprint density at radius 3 is 2.03 bits per heavy atom. The zero-order chi connectivity index (χ0) is 26.4. The van der Waals surface area contributed by atoms with Crippen LogP contribution < -0.4 is 0 Å². The molecular formula is C32H39NO4. The lowest BCUT2D eigenvalue weighted by atomic mass is 9.72. The van der Waals surface area contributed by atoms with E-state index in [-0.39, 0.29) is 12.3 Å². The van der Waals surface area contributed by atoms with Gasteiger partial charge in [0, 0.05) is 0 Å². The molecule has 0 unspecified atom stereocenters. The minimum Gasteiger partial charge on any atom is -0.481 e. The van der Waals surface area contributed by atoms with E-state index in [9.17, 15) is 15.0 Å². The number of carboxylic acids is 1. The Hall–Kier alpha value is -2.99. The summed E-state index contributed by atoms with van der Waals surface area (Å²) in [6, 6.07) is 23.8. The number of likely N-dealkylation sites (tertiary alicyclic amines) is 1. The molecule has 0 radical (unpaired) electrons. The molecule has 0 aromatic heterocycles. The number of carbonyl (C=O) groups is 1. The van der Waals surface area contributed by atoms with Crippen LogP contribution >= 0.6 is 0 Å². The summed E-state index contributed by atoms with van der Waals surface area (Å²) in [6.45, 7) is 6.65. The lowest BCUT2D eigenvalue weighted by Crippen LogP contribution is -2.44. The van der Waals surface area contributed by atoms with Gasteiger partial charge in [0.15, 0.2) is 0 Å². The lowest BCUT2D eigenvalue weighted by molar-refractivity contribution is -0.136. The summed E-state index contributed by atoms with van der Waals surface area (Å²) in [5.41, 5.74) is 4.51. The van der Waals surface area contributed by atoms with Gasteiger partial charge in [-0.15, -0.1) is 0 Å². The van der Waals surface area contributed by atoms with Gasteiger partial charge in [-0.2, -0.15) is 0 Å². The normalized spacial score (nSPS) is 16.0. The number of hydrogen-bond donors (Lipinski definition) is 3. The maximum Gasteiger partial charge on any atom is 0.307 e. The van der Waals surface area contributed by atoms with Gasteiger partial charge in [-0.3, -0.25) is 4.79 Å². The third-order valence-corrected chi connectivity index (χ3v) is 8.20. The number of rotatable bonds is 10. The first-order valence-electron chi connectivity index (χ1n) is 13.3. The monoisotopic (exact) mass is 501 g/mol. The lowest BCUT2D eigenvalue weighted by Gasteiger charge is -2.42. The highest BCUT2D eigenvalue weighted by Crippen LogP contribution is 2.42. The topological polar surface area (TPSA) is 81.0 Å². The molecule has 0 saturated carbocycles. The van der Waals surface area contributed by atoms with Crippen LogP contribution in [-0.4, -0.2) is 45.8 Å². The van der Waals surface area contributed by atoms with Crippen molar-refractivity contribution in [2.45, 2.75) is 57.7 Å². The van der Waals surface area contributed by atoms with E-state index in [0.29, 0.717) is 6.42 Å². The largest absolute Gasteiger partial charge is 0.481 e. The quantitative estimate of drug-likeness (QED) is 0.347. The van der Waals surface area contributed by atoms with Gasteiger partial charge >= 0.3 is 5.97 Å². The molecule has 1 atom stereocenters. The van der Waals surface area contributed by atoms with Gasteiger partial charge < -0.3 is 20.2 Å². The number of piperidine rings is 1. The smallest absolute Gasteiger partial charge is 0.307 e. The number of benzene rings is 3. The number of carboxylic acid groups (broad SMARTS) is 1. The second kappa shape index (κ2) is 12.0. The molecule has 0 amide bonds. The summed E-state index contributed by atoms with van der Waals surface area (Å²) in [7, 11) is 0. The number of aliphatic hydroxyl groups is 2. The van der Waals surface area contributed by atoms with Gasteiger partial charge in [-0.1, -0.05) is 72.8 Å². The average Bonchev–Trinajstić information content (AvgIpc) is 2.92. The van der Waals surface area contributed by atoms with Gasteiger partial charge in [-0.25, -0.2) is 0 Å². The molecular weight excluding hydrogens is 462 g/mol. The van der Waals surface area contributed by atoms with E-state index in [1.54, 1.807) is 0 Å². The van der Waals surface area contributed by atoms with Crippen LogP contribution in [0.4, 0.5) is 0 Å². The summed E-state index contributed by atoms with van der Waals surface area (Å²) < 4.78 is 0. The highest BCUT2D eigenvalue weighted by Gasteiger charge is 2.41. The van der Waals surface area contributed by atoms with Gasteiger partial charge in [0.1, 0.15) is 5.60 Å². The van der Waals surface area contributed by atoms with E-state index in [1.807, 2.05) is 86.6 Å². The second-order valence-electron chi connectivity index (χ2n) is 10.4. The molecule has 1 saturated heterocycles. The van der Waals surface area contributed by atoms with Crippen LogP contribution in [0.1, 0.15) is 65.2 Å². The van der Waals surface area contributed by atoms with Crippen LogP contribution in [0.25, 0.3) is 0 Å². The molecule has 1 aliphatic rings. The molecule has 4 rings (SSSR count). The molecule has 5 nitrogen and oxygen atoms in total. The highest BCUT2D eigenvalue weighted by atomic mass is 16.4. The number of aliphatic carboxylic acids is 1. The van der Waals surface area contributed by atoms with Crippen molar-refractivity contribution >= 4 is 5.97 Å². The van der Waals surface area contributed by atoms with E-state index < -0.39 is 17.7 Å². The Kier molecular flexibility index (Phi) is 8.80. The zero-order valence-corrected chi connectivity index (χ0v) is 21.9. The first-order valence-corrected chi connectivity index (χ1v) is 13.3. The van der Waals surface area contributed by atoms with E-state index in [2.05, 4.69) is 4.90 Å². The first-order chi connectivity index (χ1) is 17.8. The number of nitrogens with zero attached hydrogens (tertiary/aromatic N) is 1. The molecule has 5 heteroatoms. The van der Waals surface area contributed by atoms with Crippen LogP contribution in [-0.2, 0) is 16.8 Å². The van der Waals surface area contributed by atoms with Gasteiger partial charge in [0.25, 0.3) is 0 Å². The summed E-state index contributed by atoms with van der Waals surface area (Å²) in [4.78, 5) is 13.5. The molecule has 0 spiro atoms. The van der Waals surface area contributed by atoms with Crippen LogP contribution in [0.15, 0.2) is 72.8 Å². The third-order valence-electron chi connectivity index (χ3n) is 8.20. The van der Waals surface area contributed by atoms with Crippen molar-refractivity contribution in [1.82, 2.24) is 4.90 Å². The molecule has 37 heavy (non-hydrogen) atoms. The first kappa shape index (κ1) is 27.1. The van der Waals surface area contributed by atoms with Crippen LogP contribution in [0, 0.1) is 19.8 Å². The van der Waals surface area contributed by atoms with Crippen molar-refractivity contribution in [2.24, 2.45) is 5.92 Å². The molecule has 0 aliphatic carbocycles. The Labute approximate surface area is 220 Å². The highest BCUT2D eigenvalue weighted by molar-refractivity contribution is 5.71. The fourth-order valence-electron chi connectivity index (χ4n) is 5.87. The van der Waals surface area contributed by atoms with Crippen molar-refractivity contribution in [2.75, 3.05) is 19.6 Å². The maximum atomic E-state index is 12.1. The Balaban J connectivity index is 1.34. The van der Waals surface area contributed by atoms with Crippen LogP contribution in [0.3, 0.4) is 0 Å². The predicted molar refractivity (Wildman–Crippen MR) is 146 cm³/mol. The van der Waals surface area contributed by atoms with E-state index in [4.69, 9.17) is 5.11 Å². The third kappa shape index (κ3) is 6.12. The summed E-state index contributed by atoms with van der Waals surface area (Å²) >= 11 is 0. The van der Waals surface area contributed by atoms with Crippen molar-refractivity contribution in [1.29, 1.82) is 0 Å². The minimum absolute atomic E-state index is 0.00265. The summed E-state index contributed by atoms with van der Waals surface area (Å²) in [5.74, 6) is -0.709. The fourth-order valence-corrected chi connectivity index (χ4v) is 5.87. The SMILES string of the molecule is Cc1c(CC(=O)O)ccc([C@@H](O)CCCN2CCC(C(O)(c3ccccc3)c3ccccc3)CC2)c1C. The van der Waals surface area contributed by atoms with Gasteiger partial charge in [0.05, 0.1) is 12.5 Å². The van der Waals surface area contributed by atoms with Gasteiger partial charge in [-0.05, 0) is 98.5 Å². The maximum absolute atomic E-state index is 12.1. The Morgan fingerprint density at radius 1 is 0.919 bits per heavy atom. The van der Waals surface area contributed by atoms with Crippen molar-refractivity contribution in [3.63, 3.8) is 0 Å². The number of aliphatic hydroxyl groups excluding tert-OH is 1. The van der Waals surface area contributed by atoms with Crippen molar-refractivity contribution in [3.8, 4) is 0 Å². The zero-order valence-electron chi connectivity index (χ0n) is 21.9. The van der Waals surface area contributed by atoms with Crippen molar-refractivity contribution in [3.05, 3.63) is 106 Å². The average molecular weight is 502 g/mol. The van der Waals surface area contributed by atoms with E-state index >= 15 is 0 Å². The van der Waals surface area contributed by atoms with Crippen molar-refractivity contribution < 1.29 is 20.1 Å². The number of hydrogen-bond acceptors (Lipinski definition) is 4. The van der Waals surface area contributed by atoms with Gasteiger partial charge in [0.2, 0.25) is 0 Å².